The van der Waals surface area contributed by atoms with E-state index in [4.69, 9.17) is 9.47 Å². The molecule has 7 nitrogen and oxygen atoms in total. The van der Waals surface area contributed by atoms with Gasteiger partial charge in [0.05, 0.1) is 24.8 Å². The largest absolute Gasteiger partial charge is 0.507 e. The molecule has 4 rings (SSSR count). The molecule has 1 amide bonds. The van der Waals surface area contributed by atoms with Crippen molar-refractivity contribution in [2.45, 2.75) is 13.0 Å². The Morgan fingerprint density at radius 1 is 1.09 bits per heavy atom. The maximum absolute atomic E-state index is 13.2. The van der Waals surface area contributed by atoms with E-state index in [1.807, 2.05) is 31.2 Å². The molecule has 2 fully saturated rings. The van der Waals surface area contributed by atoms with Gasteiger partial charge in [0.1, 0.15) is 18.1 Å². The first-order valence-electron chi connectivity index (χ1n) is 11.5. The van der Waals surface area contributed by atoms with Gasteiger partial charge in [-0.1, -0.05) is 42.5 Å². The van der Waals surface area contributed by atoms with E-state index >= 15 is 0 Å². The van der Waals surface area contributed by atoms with Gasteiger partial charge in [-0.25, -0.2) is 0 Å². The Labute approximate surface area is 199 Å². The molecule has 1 N–H and O–H groups in total. The number of benzene rings is 2. The monoisotopic (exact) mass is 462 g/mol. The number of hydrogen-bond acceptors (Lipinski definition) is 6. The van der Waals surface area contributed by atoms with Gasteiger partial charge in [-0.15, -0.1) is 0 Å². The van der Waals surface area contributed by atoms with Crippen molar-refractivity contribution in [3.8, 4) is 5.75 Å². The summed E-state index contributed by atoms with van der Waals surface area (Å²) >= 11 is 0. The third-order valence-corrected chi connectivity index (χ3v) is 6.19. The second kappa shape index (κ2) is 10.7. The van der Waals surface area contributed by atoms with Crippen LogP contribution in [0.3, 0.4) is 0 Å². The number of nitrogens with zero attached hydrogens (tertiary/aromatic N) is 2. The molecular formula is C27H30N2O5. The Hall–Kier alpha value is -3.42. The molecule has 0 saturated carbocycles. The number of aliphatic hydroxyl groups excluding tert-OH is 1. The summed E-state index contributed by atoms with van der Waals surface area (Å²) in [6.07, 6.45) is 1.65. The molecule has 2 aliphatic rings. The summed E-state index contributed by atoms with van der Waals surface area (Å²) in [5.74, 6) is -0.825. The van der Waals surface area contributed by atoms with Crippen molar-refractivity contribution in [3.63, 3.8) is 0 Å². The molecule has 2 aliphatic heterocycles. The SMILES string of the molecule is C=CCOc1ccc(C(O)=C2C(=O)C(=O)N(CCN3CCOCC3)[C@H]2c2ccc(C)cc2)cc1. The molecule has 2 saturated heterocycles. The first kappa shape index (κ1) is 23.7. The van der Waals surface area contributed by atoms with Crippen LogP contribution in [0.2, 0.25) is 0 Å². The van der Waals surface area contributed by atoms with Gasteiger partial charge in [0.25, 0.3) is 11.7 Å². The maximum atomic E-state index is 13.2. The summed E-state index contributed by atoms with van der Waals surface area (Å²) in [6, 6.07) is 13.9. The van der Waals surface area contributed by atoms with Gasteiger partial charge in [0.15, 0.2) is 0 Å². The molecule has 0 aliphatic carbocycles. The van der Waals surface area contributed by atoms with E-state index in [1.54, 1.807) is 35.2 Å². The van der Waals surface area contributed by atoms with E-state index in [1.165, 1.54) is 0 Å². The normalized spacial score (nSPS) is 20.5. The number of ketones is 1. The molecule has 0 spiro atoms. The first-order valence-corrected chi connectivity index (χ1v) is 11.5. The maximum Gasteiger partial charge on any atom is 0.295 e. The van der Waals surface area contributed by atoms with Crippen LogP contribution in [0.5, 0.6) is 5.75 Å². The predicted octanol–water partition coefficient (Wildman–Crippen LogP) is 3.31. The van der Waals surface area contributed by atoms with E-state index in [0.717, 1.165) is 24.2 Å². The minimum atomic E-state index is -0.669. The summed E-state index contributed by atoms with van der Waals surface area (Å²) in [4.78, 5) is 30.1. The van der Waals surface area contributed by atoms with Gasteiger partial charge in [-0.2, -0.15) is 0 Å². The van der Waals surface area contributed by atoms with Crippen LogP contribution in [0.25, 0.3) is 5.76 Å². The molecule has 1 atom stereocenters. The molecule has 2 heterocycles. The lowest BCUT2D eigenvalue weighted by atomic mass is 9.94. The molecule has 0 bridgehead atoms. The van der Waals surface area contributed by atoms with E-state index in [0.29, 0.717) is 44.2 Å². The number of Topliss-reactive ketones (excluding diaryl/α,β-unsaturated/α-hetero) is 1. The number of rotatable bonds is 8. The highest BCUT2D eigenvalue weighted by Crippen LogP contribution is 2.39. The molecule has 7 heteroatoms. The average molecular weight is 463 g/mol. The van der Waals surface area contributed by atoms with Gasteiger partial charge in [0, 0.05) is 31.7 Å². The van der Waals surface area contributed by atoms with Gasteiger partial charge >= 0.3 is 0 Å². The minimum Gasteiger partial charge on any atom is -0.507 e. The zero-order valence-electron chi connectivity index (χ0n) is 19.4. The van der Waals surface area contributed by atoms with Gasteiger partial charge in [0.2, 0.25) is 0 Å². The van der Waals surface area contributed by atoms with Crippen LogP contribution in [0, 0.1) is 6.92 Å². The number of amides is 1. The first-order chi connectivity index (χ1) is 16.5. The summed E-state index contributed by atoms with van der Waals surface area (Å²) < 4.78 is 10.9. The van der Waals surface area contributed by atoms with Crippen molar-refractivity contribution in [3.05, 3.63) is 83.4 Å². The van der Waals surface area contributed by atoms with Crippen LogP contribution in [0.1, 0.15) is 22.7 Å². The lowest BCUT2D eigenvalue weighted by molar-refractivity contribution is -0.140. The van der Waals surface area contributed by atoms with Crippen molar-refractivity contribution in [2.24, 2.45) is 0 Å². The molecule has 178 valence electrons. The zero-order chi connectivity index (χ0) is 24.1. The fraction of sp³-hybridized carbons (Fsp3) is 0.333. The third kappa shape index (κ3) is 5.05. The Morgan fingerprint density at radius 2 is 1.76 bits per heavy atom. The standard InChI is InChI=1S/C27H30N2O5/c1-3-16-34-22-10-8-21(9-11-22)25(30)23-24(20-6-4-19(2)5-7-20)29(27(32)26(23)31)13-12-28-14-17-33-18-15-28/h3-11,24,30H,1,12-18H2,2H3/t24-/m0/s1. The topological polar surface area (TPSA) is 79.3 Å². The molecule has 2 aromatic rings. The Bertz CT molecular complexity index is 1070. The molecule has 34 heavy (non-hydrogen) atoms. The van der Waals surface area contributed by atoms with Crippen LogP contribution >= 0.6 is 0 Å². The number of carbonyl (C=O) groups excluding carboxylic acids is 2. The number of carbonyl (C=O) groups is 2. The van der Waals surface area contributed by atoms with E-state index in [2.05, 4.69) is 11.5 Å². The van der Waals surface area contributed by atoms with Crippen molar-refractivity contribution in [1.29, 1.82) is 0 Å². The number of hydrogen-bond donors (Lipinski definition) is 1. The molecular weight excluding hydrogens is 432 g/mol. The van der Waals surface area contributed by atoms with Gasteiger partial charge in [-0.3, -0.25) is 14.5 Å². The van der Waals surface area contributed by atoms with Crippen molar-refractivity contribution >= 4 is 17.4 Å². The molecule has 0 aromatic heterocycles. The fourth-order valence-electron chi connectivity index (χ4n) is 4.30. The fourth-order valence-corrected chi connectivity index (χ4v) is 4.30. The quantitative estimate of drug-likeness (QED) is 0.281. The van der Waals surface area contributed by atoms with E-state index in [-0.39, 0.29) is 11.3 Å². The van der Waals surface area contributed by atoms with E-state index in [9.17, 15) is 14.7 Å². The van der Waals surface area contributed by atoms with E-state index < -0.39 is 17.7 Å². The molecule has 0 unspecified atom stereocenters. The van der Waals surface area contributed by atoms with Crippen molar-refractivity contribution in [2.75, 3.05) is 46.0 Å². The minimum absolute atomic E-state index is 0.107. The molecule has 0 radical (unpaired) electrons. The molecule has 2 aromatic carbocycles. The zero-order valence-corrected chi connectivity index (χ0v) is 19.4. The smallest absolute Gasteiger partial charge is 0.295 e. The Kier molecular flexibility index (Phi) is 7.45. The highest BCUT2D eigenvalue weighted by molar-refractivity contribution is 6.46. The summed E-state index contributed by atoms with van der Waals surface area (Å²) in [5, 5.41) is 11.2. The second-order valence-corrected chi connectivity index (χ2v) is 8.48. The summed E-state index contributed by atoms with van der Waals surface area (Å²) in [6.45, 7) is 9.89. The van der Waals surface area contributed by atoms with Crippen molar-refractivity contribution < 1.29 is 24.2 Å². The van der Waals surface area contributed by atoms with Crippen molar-refractivity contribution in [1.82, 2.24) is 9.80 Å². The third-order valence-electron chi connectivity index (χ3n) is 6.19. The number of aliphatic hydroxyl groups is 1. The highest BCUT2D eigenvalue weighted by atomic mass is 16.5. The van der Waals surface area contributed by atoms with Crippen LogP contribution in [0.15, 0.2) is 66.8 Å². The second-order valence-electron chi connectivity index (χ2n) is 8.48. The Balaban J connectivity index is 1.68. The average Bonchev–Trinajstić information content (AvgIpc) is 3.12. The summed E-state index contributed by atoms with van der Waals surface area (Å²) in [7, 11) is 0. The number of morpholine rings is 1. The van der Waals surface area contributed by atoms with Crippen LogP contribution < -0.4 is 4.74 Å². The Morgan fingerprint density at radius 3 is 2.41 bits per heavy atom. The van der Waals surface area contributed by atoms with Crippen LogP contribution in [0.4, 0.5) is 0 Å². The predicted molar refractivity (Wildman–Crippen MR) is 130 cm³/mol. The summed E-state index contributed by atoms with van der Waals surface area (Å²) in [5.41, 5.74) is 2.42. The van der Waals surface area contributed by atoms with Gasteiger partial charge in [-0.05, 0) is 36.8 Å². The lowest BCUT2D eigenvalue weighted by Gasteiger charge is -2.31. The van der Waals surface area contributed by atoms with Crippen LogP contribution in [-0.2, 0) is 14.3 Å². The highest BCUT2D eigenvalue weighted by Gasteiger charge is 2.46. The van der Waals surface area contributed by atoms with Gasteiger partial charge < -0.3 is 19.5 Å². The number of likely N-dealkylation sites (tertiary alicyclic amines) is 1. The lowest BCUT2D eigenvalue weighted by Crippen LogP contribution is -2.42. The number of ether oxygens (including phenoxy) is 2. The number of aryl methyl sites for hydroxylation is 1. The van der Waals surface area contributed by atoms with Crippen LogP contribution in [-0.4, -0.2) is 72.6 Å².